The highest BCUT2D eigenvalue weighted by Gasteiger charge is 2.28. The number of alkyl halides is 2. The molecular formula is C37H37Cl2F2N3O7. The van der Waals surface area contributed by atoms with Crippen LogP contribution in [-0.4, -0.2) is 57.3 Å². The Bertz CT molecular complexity index is 1790. The van der Waals surface area contributed by atoms with E-state index >= 15 is 0 Å². The molecule has 270 valence electrons. The molecule has 4 aromatic rings. The van der Waals surface area contributed by atoms with Crippen LogP contribution in [0.25, 0.3) is 0 Å². The van der Waals surface area contributed by atoms with E-state index in [-0.39, 0.29) is 40.1 Å². The Morgan fingerprint density at radius 3 is 2.35 bits per heavy atom. The van der Waals surface area contributed by atoms with Gasteiger partial charge >= 0.3 is 18.6 Å². The van der Waals surface area contributed by atoms with Gasteiger partial charge < -0.3 is 34.4 Å². The van der Waals surface area contributed by atoms with Crippen molar-refractivity contribution in [3.8, 4) is 11.5 Å². The number of hydrogen-bond donors (Lipinski definition) is 1. The lowest BCUT2D eigenvalue weighted by Crippen LogP contribution is -2.27. The van der Waals surface area contributed by atoms with Crippen molar-refractivity contribution in [1.29, 1.82) is 0 Å². The topological polar surface area (TPSA) is 113 Å². The molecule has 0 radical (unpaired) electrons. The molecule has 5 rings (SSSR count). The summed E-state index contributed by atoms with van der Waals surface area (Å²) in [5.41, 5.74) is 1.95. The number of carbonyl (C=O) groups excluding carboxylic acids is 2. The molecule has 1 aliphatic rings. The van der Waals surface area contributed by atoms with E-state index in [2.05, 4.69) is 5.32 Å². The molecule has 3 aromatic carbocycles. The Morgan fingerprint density at radius 1 is 0.961 bits per heavy atom. The number of nitrogens with zero attached hydrogens (tertiary/aromatic N) is 2. The van der Waals surface area contributed by atoms with E-state index in [1.165, 1.54) is 24.3 Å². The fourth-order valence-electron chi connectivity index (χ4n) is 5.10. The Labute approximate surface area is 304 Å². The van der Waals surface area contributed by atoms with Crippen molar-refractivity contribution in [3.05, 3.63) is 123 Å². The number of hydrogen-bond acceptors (Lipinski definition) is 9. The maximum absolute atomic E-state index is 13.8. The molecule has 0 amide bonds. The number of likely N-dealkylation sites (N-methyl/N-ethyl adjacent to an activating group) is 1. The van der Waals surface area contributed by atoms with E-state index < -0.39 is 30.7 Å². The highest BCUT2D eigenvalue weighted by Crippen LogP contribution is 2.38. The van der Waals surface area contributed by atoms with Crippen molar-refractivity contribution in [2.45, 2.75) is 38.0 Å². The molecule has 0 bridgehead atoms. The van der Waals surface area contributed by atoms with Crippen LogP contribution in [0.4, 0.5) is 14.5 Å². The fraction of sp³-hybridized carbons (Fsp3) is 0.324. The molecule has 0 aliphatic heterocycles. The minimum atomic E-state index is -3.09. The molecule has 1 aromatic heterocycles. The summed E-state index contributed by atoms with van der Waals surface area (Å²) in [6, 6.07) is 18.8. The second kappa shape index (κ2) is 17.5. The van der Waals surface area contributed by atoms with Crippen LogP contribution in [0.2, 0.25) is 10.0 Å². The van der Waals surface area contributed by atoms with Crippen molar-refractivity contribution in [3.63, 3.8) is 0 Å². The number of halogens is 4. The van der Waals surface area contributed by atoms with E-state index in [1.54, 1.807) is 42.5 Å². The summed E-state index contributed by atoms with van der Waals surface area (Å²) in [6.45, 7) is -2.05. The summed E-state index contributed by atoms with van der Waals surface area (Å²) < 4.78 is 49.1. The van der Waals surface area contributed by atoms with Gasteiger partial charge in [0.15, 0.2) is 29.9 Å². The van der Waals surface area contributed by atoms with Gasteiger partial charge in [-0.3, -0.25) is 0 Å². The quantitative estimate of drug-likeness (QED) is 0.0671. The summed E-state index contributed by atoms with van der Waals surface area (Å²) in [5.74, 6) is -1.05. The molecule has 10 nitrogen and oxygen atoms in total. The standard InChI is InChI=1S/C37H37Cl2F2N3O7/c1-43(2)15-16-48-36(46)34(24-7-4-3-5-8-24)42-27-10-6-9-26(17-27)35(45)50-32(19-28-29(38)20-44(47)21-30(28)39)25-13-14-31(51-37(40)41)33(18-25)49-22-23-11-12-23/h3-10,13-14,17-18,20-21,23,32,34,37,42H,11-12,15-16,19,22H2,1-2H3/t32-,34?/m0/s1. The van der Waals surface area contributed by atoms with Gasteiger partial charge in [0, 0.05) is 24.2 Å². The Balaban J connectivity index is 1.43. The predicted molar refractivity (Wildman–Crippen MR) is 187 cm³/mol. The molecule has 2 atom stereocenters. The van der Waals surface area contributed by atoms with Crippen LogP contribution < -0.4 is 19.5 Å². The largest absolute Gasteiger partial charge is 0.619 e. The first-order chi connectivity index (χ1) is 24.5. The molecule has 0 saturated heterocycles. The first-order valence-corrected chi connectivity index (χ1v) is 16.9. The van der Waals surface area contributed by atoms with Crippen molar-refractivity contribution in [1.82, 2.24) is 4.90 Å². The van der Waals surface area contributed by atoms with Gasteiger partial charge in [0.1, 0.15) is 22.8 Å². The van der Waals surface area contributed by atoms with Crippen LogP contribution in [-0.2, 0) is 20.7 Å². The summed E-state index contributed by atoms with van der Waals surface area (Å²) in [4.78, 5) is 28.9. The van der Waals surface area contributed by atoms with Crippen LogP contribution in [0.3, 0.4) is 0 Å². The summed E-state index contributed by atoms with van der Waals surface area (Å²) in [6.07, 6.45) is 3.03. The zero-order chi connectivity index (χ0) is 36.5. The lowest BCUT2D eigenvalue weighted by atomic mass is 10.0. The monoisotopic (exact) mass is 743 g/mol. The molecular weight excluding hydrogens is 707 g/mol. The minimum Gasteiger partial charge on any atom is -0.619 e. The first kappa shape index (κ1) is 37.6. The van der Waals surface area contributed by atoms with E-state index in [0.717, 1.165) is 25.2 Å². The van der Waals surface area contributed by atoms with Crippen LogP contribution in [0, 0.1) is 11.1 Å². The molecule has 1 heterocycles. The number of pyridine rings is 1. The number of rotatable bonds is 17. The second-order valence-electron chi connectivity index (χ2n) is 12.3. The van der Waals surface area contributed by atoms with Gasteiger partial charge in [-0.1, -0.05) is 65.7 Å². The number of anilines is 1. The number of esters is 2. The summed E-state index contributed by atoms with van der Waals surface area (Å²) in [7, 11) is 3.75. The highest BCUT2D eigenvalue weighted by atomic mass is 35.5. The molecule has 1 unspecified atom stereocenters. The SMILES string of the molecule is CN(C)CCOC(=O)C(Nc1cccc(C(=O)O[C@@H](Cc2c(Cl)c[n+]([O-])cc2Cl)c2ccc(OC(F)F)c(OCC3CC3)c2)c1)c1ccccc1. The molecule has 51 heavy (non-hydrogen) atoms. The van der Waals surface area contributed by atoms with Gasteiger partial charge in [-0.15, -0.1) is 0 Å². The number of nitrogens with one attached hydrogen (secondary N) is 1. The van der Waals surface area contributed by atoms with Gasteiger partial charge in [0.2, 0.25) is 0 Å². The molecule has 1 fully saturated rings. The third-order valence-corrected chi connectivity index (χ3v) is 8.64. The Hall–Kier alpha value is -4.65. The lowest BCUT2D eigenvalue weighted by Gasteiger charge is -2.22. The van der Waals surface area contributed by atoms with E-state index in [0.29, 0.717) is 46.2 Å². The van der Waals surface area contributed by atoms with Crippen molar-refractivity contribution >= 4 is 40.8 Å². The van der Waals surface area contributed by atoms with Crippen LogP contribution in [0.5, 0.6) is 11.5 Å². The van der Waals surface area contributed by atoms with Crippen molar-refractivity contribution in [2.24, 2.45) is 5.92 Å². The van der Waals surface area contributed by atoms with Gasteiger partial charge in [0.05, 0.1) is 12.2 Å². The molecule has 1 saturated carbocycles. The van der Waals surface area contributed by atoms with E-state index in [1.807, 2.05) is 25.1 Å². The molecule has 0 spiro atoms. The number of carbonyl (C=O) groups is 2. The van der Waals surface area contributed by atoms with Gasteiger partial charge in [-0.05, 0) is 74.3 Å². The lowest BCUT2D eigenvalue weighted by molar-refractivity contribution is -0.605. The molecule has 1 aliphatic carbocycles. The first-order valence-electron chi connectivity index (χ1n) is 16.2. The van der Waals surface area contributed by atoms with Gasteiger partial charge in [0.25, 0.3) is 0 Å². The maximum atomic E-state index is 13.8. The number of ether oxygens (including phenoxy) is 4. The Kier molecular flexibility index (Phi) is 12.9. The van der Waals surface area contributed by atoms with Crippen LogP contribution in [0.15, 0.2) is 85.2 Å². The van der Waals surface area contributed by atoms with E-state index in [9.17, 15) is 23.6 Å². The second-order valence-corrected chi connectivity index (χ2v) is 13.1. The molecule has 1 N–H and O–H groups in total. The van der Waals surface area contributed by atoms with Gasteiger partial charge in [-0.2, -0.15) is 13.5 Å². The predicted octanol–water partition coefficient (Wildman–Crippen LogP) is 7.42. The highest BCUT2D eigenvalue weighted by molar-refractivity contribution is 6.35. The minimum absolute atomic E-state index is 0.0389. The average Bonchev–Trinajstić information content (AvgIpc) is 3.92. The van der Waals surface area contributed by atoms with Gasteiger partial charge in [-0.25, -0.2) is 9.59 Å². The smallest absolute Gasteiger partial charge is 0.387 e. The van der Waals surface area contributed by atoms with Crippen molar-refractivity contribution in [2.75, 3.05) is 39.2 Å². The molecule has 14 heteroatoms. The normalized spacial score (nSPS) is 13.8. The third-order valence-electron chi connectivity index (χ3n) is 7.98. The fourth-order valence-corrected chi connectivity index (χ4v) is 5.70. The van der Waals surface area contributed by atoms with E-state index in [4.69, 9.17) is 42.1 Å². The summed E-state index contributed by atoms with van der Waals surface area (Å²) in [5, 5.41) is 15.2. The zero-order valence-corrected chi connectivity index (χ0v) is 29.4. The Morgan fingerprint density at radius 2 is 1.69 bits per heavy atom. The average molecular weight is 745 g/mol. The maximum Gasteiger partial charge on any atom is 0.387 e. The third kappa shape index (κ3) is 10.9. The summed E-state index contributed by atoms with van der Waals surface area (Å²) >= 11 is 12.8. The number of aromatic nitrogens is 1. The van der Waals surface area contributed by atoms with Crippen LogP contribution in [0.1, 0.15) is 52.0 Å². The zero-order valence-electron chi connectivity index (χ0n) is 27.9. The van der Waals surface area contributed by atoms with Crippen molar-refractivity contribution < 1.29 is 42.0 Å². The van der Waals surface area contributed by atoms with Crippen LogP contribution >= 0.6 is 23.2 Å². The number of benzene rings is 3.